The number of terminal acetylenes is 1. The highest BCUT2D eigenvalue weighted by Gasteiger charge is 2.06. The summed E-state index contributed by atoms with van der Waals surface area (Å²) in [5, 5.41) is 4.15. The standard InChI is InChI=1S/C11H11Cl3N2/c1-2-3-4-5-6-15-11-9(13)7-8(12)10(14)16-11/h1,7H,3-6H2,(H,15,16). The van der Waals surface area contributed by atoms with E-state index in [0.717, 1.165) is 25.8 Å². The van der Waals surface area contributed by atoms with Crippen molar-refractivity contribution in [2.75, 3.05) is 11.9 Å². The van der Waals surface area contributed by atoms with Gasteiger partial charge in [0.05, 0.1) is 10.0 Å². The van der Waals surface area contributed by atoms with Crippen LogP contribution in [0, 0.1) is 12.3 Å². The number of aromatic nitrogens is 1. The number of nitrogens with one attached hydrogen (secondary N) is 1. The van der Waals surface area contributed by atoms with Crippen molar-refractivity contribution < 1.29 is 0 Å². The van der Waals surface area contributed by atoms with Gasteiger partial charge in [-0.15, -0.1) is 12.3 Å². The Morgan fingerprint density at radius 1 is 1.25 bits per heavy atom. The zero-order valence-corrected chi connectivity index (χ0v) is 10.8. The van der Waals surface area contributed by atoms with Crippen LogP contribution in [0.3, 0.4) is 0 Å². The van der Waals surface area contributed by atoms with Crippen LogP contribution in [0.4, 0.5) is 5.82 Å². The van der Waals surface area contributed by atoms with E-state index < -0.39 is 0 Å². The van der Waals surface area contributed by atoms with Gasteiger partial charge in [0.15, 0.2) is 0 Å². The van der Waals surface area contributed by atoms with Gasteiger partial charge in [0.2, 0.25) is 0 Å². The zero-order valence-electron chi connectivity index (χ0n) is 8.56. The highest BCUT2D eigenvalue weighted by atomic mass is 35.5. The first-order valence-electron chi connectivity index (χ1n) is 4.84. The largest absolute Gasteiger partial charge is 0.369 e. The minimum Gasteiger partial charge on any atom is -0.369 e. The summed E-state index contributed by atoms with van der Waals surface area (Å²) in [5.74, 6) is 3.14. The SMILES string of the molecule is C#CCCCCNc1nc(Cl)c(Cl)cc1Cl. The van der Waals surface area contributed by atoms with E-state index in [2.05, 4.69) is 16.2 Å². The molecule has 0 saturated heterocycles. The molecule has 0 aliphatic rings. The maximum absolute atomic E-state index is 5.94. The number of halogens is 3. The maximum Gasteiger partial charge on any atom is 0.150 e. The Bertz CT molecular complexity index is 399. The quantitative estimate of drug-likeness (QED) is 0.494. The number of hydrogen-bond donors (Lipinski definition) is 1. The van der Waals surface area contributed by atoms with E-state index in [1.165, 1.54) is 0 Å². The van der Waals surface area contributed by atoms with Crippen LogP contribution in [0.25, 0.3) is 0 Å². The molecule has 0 aliphatic heterocycles. The first-order valence-corrected chi connectivity index (χ1v) is 5.97. The summed E-state index contributed by atoms with van der Waals surface area (Å²) in [6.45, 7) is 0.756. The molecule has 0 aliphatic carbocycles. The molecule has 0 atom stereocenters. The Hall–Kier alpha value is -0.620. The molecule has 1 aromatic rings. The van der Waals surface area contributed by atoms with Crippen LogP contribution < -0.4 is 5.32 Å². The second kappa shape index (κ2) is 6.85. The van der Waals surface area contributed by atoms with Gasteiger partial charge in [-0.1, -0.05) is 34.8 Å². The van der Waals surface area contributed by atoms with E-state index in [1.54, 1.807) is 6.07 Å². The molecule has 0 saturated carbocycles. The van der Waals surface area contributed by atoms with Crippen LogP contribution in [-0.4, -0.2) is 11.5 Å². The molecule has 5 heteroatoms. The van der Waals surface area contributed by atoms with Gasteiger partial charge in [0, 0.05) is 13.0 Å². The van der Waals surface area contributed by atoms with E-state index in [9.17, 15) is 0 Å². The molecule has 0 amide bonds. The molecular formula is C11H11Cl3N2. The molecular weight excluding hydrogens is 266 g/mol. The summed E-state index contributed by atoms with van der Waals surface area (Å²) in [4.78, 5) is 4.04. The smallest absolute Gasteiger partial charge is 0.150 e. The minimum atomic E-state index is 0.247. The molecule has 86 valence electrons. The summed E-state index contributed by atoms with van der Waals surface area (Å²) >= 11 is 17.5. The van der Waals surface area contributed by atoms with Crippen molar-refractivity contribution in [3.8, 4) is 12.3 Å². The van der Waals surface area contributed by atoms with Gasteiger partial charge in [-0.25, -0.2) is 4.98 Å². The summed E-state index contributed by atoms with van der Waals surface area (Å²) in [7, 11) is 0. The number of rotatable bonds is 5. The number of unbranched alkanes of at least 4 members (excludes halogenated alkanes) is 2. The minimum absolute atomic E-state index is 0.247. The topological polar surface area (TPSA) is 24.9 Å². The lowest BCUT2D eigenvalue weighted by Crippen LogP contribution is -2.04. The number of pyridine rings is 1. The normalized spacial score (nSPS) is 9.88. The number of hydrogen-bond acceptors (Lipinski definition) is 2. The summed E-state index contributed by atoms with van der Waals surface area (Å²) in [5.41, 5.74) is 0. The third-order valence-electron chi connectivity index (χ3n) is 1.93. The summed E-state index contributed by atoms with van der Waals surface area (Å²) in [6.07, 6.45) is 7.86. The molecule has 1 heterocycles. The Morgan fingerprint density at radius 2 is 2.00 bits per heavy atom. The lowest BCUT2D eigenvalue weighted by molar-refractivity contribution is 0.787. The second-order valence-corrected chi connectivity index (χ2v) is 4.35. The highest BCUT2D eigenvalue weighted by molar-refractivity contribution is 6.42. The van der Waals surface area contributed by atoms with Crippen LogP contribution >= 0.6 is 34.8 Å². The second-order valence-electron chi connectivity index (χ2n) is 3.18. The molecule has 0 bridgehead atoms. The molecule has 1 rings (SSSR count). The molecule has 0 spiro atoms. The average molecular weight is 278 g/mol. The van der Waals surface area contributed by atoms with Crippen LogP contribution in [0.2, 0.25) is 15.2 Å². The van der Waals surface area contributed by atoms with Crippen molar-refractivity contribution in [3.05, 3.63) is 21.3 Å². The molecule has 0 unspecified atom stereocenters. The van der Waals surface area contributed by atoms with Crippen molar-refractivity contribution in [3.63, 3.8) is 0 Å². The van der Waals surface area contributed by atoms with Gasteiger partial charge >= 0.3 is 0 Å². The van der Waals surface area contributed by atoms with Crippen molar-refractivity contribution in [1.29, 1.82) is 0 Å². The lowest BCUT2D eigenvalue weighted by atomic mass is 10.2. The van der Waals surface area contributed by atoms with Gasteiger partial charge in [0.25, 0.3) is 0 Å². The Morgan fingerprint density at radius 3 is 2.69 bits per heavy atom. The fourth-order valence-corrected chi connectivity index (χ4v) is 1.69. The third kappa shape index (κ3) is 4.09. The first kappa shape index (κ1) is 13.4. The van der Waals surface area contributed by atoms with Crippen molar-refractivity contribution in [2.24, 2.45) is 0 Å². The molecule has 16 heavy (non-hydrogen) atoms. The van der Waals surface area contributed by atoms with Gasteiger partial charge in [-0.05, 0) is 18.9 Å². The predicted octanol–water partition coefficient (Wildman–Crippen LogP) is 4.26. The van der Waals surface area contributed by atoms with Crippen molar-refractivity contribution >= 4 is 40.6 Å². The van der Waals surface area contributed by atoms with Crippen LogP contribution in [-0.2, 0) is 0 Å². The monoisotopic (exact) mass is 276 g/mol. The molecule has 1 N–H and O–H groups in total. The fraction of sp³-hybridized carbons (Fsp3) is 0.364. The van der Waals surface area contributed by atoms with Crippen molar-refractivity contribution in [1.82, 2.24) is 4.98 Å². The molecule has 2 nitrogen and oxygen atoms in total. The van der Waals surface area contributed by atoms with E-state index in [1.807, 2.05) is 0 Å². The highest BCUT2D eigenvalue weighted by Crippen LogP contribution is 2.28. The van der Waals surface area contributed by atoms with Crippen LogP contribution in [0.1, 0.15) is 19.3 Å². The van der Waals surface area contributed by atoms with E-state index in [-0.39, 0.29) is 5.15 Å². The Kier molecular flexibility index (Phi) is 5.76. The first-order chi connectivity index (χ1) is 7.65. The zero-order chi connectivity index (χ0) is 12.0. The van der Waals surface area contributed by atoms with Crippen LogP contribution in [0.15, 0.2) is 6.07 Å². The van der Waals surface area contributed by atoms with Gasteiger partial charge in [-0.2, -0.15) is 0 Å². The van der Waals surface area contributed by atoms with Crippen molar-refractivity contribution in [2.45, 2.75) is 19.3 Å². The number of nitrogens with zero attached hydrogens (tertiary/aromatic N) is 1. The van der Waals surface area contributed by atoms with Gasteiger partial charge in [0.1, 0.15) is 11.0 Å². The maximum atomic E-state index is 5.94. The fourth-order valence-electron chi connectivity index (χ4n) is 1.13. The van der Waals surface area contributed by atoms with E-state index in [0.29, 0.717) is 15.9 Å². The van der Waals surface area contributed by atoms with E-state index >= 15 is 0 Å². The average Bonchev–Trinajstić information content (AvgIpc) is 2.25. The molecule has 1 aromatic heterocycles. The Balaban J connectivity index is 2.48. The summed E-state index contributed by atoms with van der Waals surface area (Å²) < 4.78 is 0. The Labute approximate surface area is 110 Å². The lowest BCUT2D eigenvalue weighted by Gasteiger charge is -2.07. The third-order valence-corrected chi connectivity index (χ3v) is 2.89. The number of anilines is 1. The van der Waals surface area contributed by atoms with Crippen LogP contribution in [0.5, 0.6) is 0 Å². The summed E-state index contributed by atoms with van der Waals surface area (Å²) in [6, 6.07) is 1.57. The predicted molar refractivity (Wildman–Crippen MR) is 70.4 cm³/mol. The molecule has 0 fully saturated rings. The van der Waals surface area contributed by atoms with Gasteiger partial charge in [-0.3, -0.25) is 0 Å². The molecule has 0 radical (unpaired) electrons. The van der Waals surface area contributed by atoms with E-state index in [4.69, 9.17) is 41.2 Å². The molecule has 0 aromatic carbocycles. The van der Waals surface area contributed by atoms with Gasteiger partial charge < -0.3 is 5.32 Å².